The molecule has 5 rings (SSSR count). The molecule has 0 unspecified atom stereocenters. The molecule has 1 aliphatic heterocycles. The molecule has 1 N–H and O–H groups in total. The smallest absolute Gasteiger partial charge is 0.335 e. The molecular weight excluding hydrogens is 446 g/mol. The second kappa shape index (κ2) is 8.76. The predicted molar refractivity (Wildman–Crippen MR) is 144 cm³/mol. The molecule has 1 saturated carbocycles. The summed E-state index contributed by atoms with van der Waals surface area (Å²) in [5, 5.41) is 9.27. The summed E-state index contributed by atoms with van der Waals surface area (Å²) in [7, 11) is 0. The lowest BCUT2D eigenvalue weighted by Gasteiger charge is -2.51. The average Bonchev–Trinajstić information content (AvgIpc) is 3.34. The normalized spacial score (nSPS) is 24.5. The van der Waals surface area contributed by atoms with Crippen LogP contribution in [0.3, 0.4) is 0 Å². The Balaban J connectivity index is 1.44. The number of rotatable bonds is 4. The van der Waals surface area contributed by atoms with Gasteiger partial charge >= 0.3 is 5.97 Å². The Morgan fingerprint density at radius 2 is 1.53 bits per heavy atom. The summed E-state index contributed by atoms with van der Waals surface area (Å²) in [6.07, 6.45) is 9.54. The van der Waals surface area contributed by atoms with Crippen LogP contribution in [0.1, 0.15) is 79.9 Å². The number of carboxylic acid groups (broad SMARTS) is 1. The van der Waals surface area contributed by atoms with Crippen molar-refractivity contribution >= 4 is 17.4 Å². The average molecular weight is 484 g/mol. The number of benzene rings is 2. The van der Waals surface area contributed by atoms with Crippen molar-refractivity contribution in [3.05, 3.63) is 88.5 Å². The van der Waals surface area contributed by atoms with Gasteiger partial charge in [-0.1, -0.05) is 93.3 Å². The molecule has 0 aromatic heterocycles. The molecule has 36 heavy (non-hydrogen) atoms. The molecule has 1 fully saturated rings. The fourth-order valence-corrected chi connectivity index (χ4v) is 7.14. The SMILES string of the molecule is Cc1ccc(C2(C(=O)N3CC=C4C(C)(C)C(c5ccc(C(=O)O)cc5)=CC[C@]4(C)C3)CCCC2)cc1. The van der Waals surface area contributed by atoms with E-state index >= 15 is 0 Å². The molecule has 1 atom stereocenters. The van der Waals surface area contributed by atoms with Crippen LogP contribution in [-0.2, 0) is 10.2 Å². The maximum Gasteiger partial charge on any atom is 0.335 e. The first-order chi connectivity index (χ1) is 17.1. The number of carbonyl (C=O) groups is 2. The van der Waals surface area contributed by atoms with Crippen molar-refractivity contribution in [2.24, 2.45) is 10.8 Å². The number of nitrogens with zero attached hydrogens (tertiary/aromatic N) is 1. The van der Waals surface area contributed by atoms with E-state index in [2.05, 4.69) is 69.0 Å². The quantitative estimate of drug-likeness (QED) is 0.487. The van der Waals surface area contributed by atoms with E-state index in [1.165, 1.54) is 22.3 Å². The van der Waals surface area contributed by atoms with Crippen molar-refractivity contribution in [1.29, 1.82) is 0 Å². The second-order valence-electron chi connectivity index (χ2n) is 11.8. The van der Waals surface area contributed by atoms with Gasteiger partial charge in [0.2, 0.25) is 5.91 Å². The van der Waals surface area contributed by atoms with Crippen molar-refractivity contribution in [1.82, 2.24) is 4.90 Å². The number of amides is 1. The highest BCUT2D eigenvalue weighted by Gasteiger charge is 2.50. The third-order valence-corrected chi connectivity index (χ3v) is 9.01. The van der Waals surface area contributed by atoms with Gasteiger partial charge in [0, 0.05) is 23.9 Å². The highest BCUT2D eigenvalue weighted by molar-refractivity contribution is 5.90. The van der Waals surface area contributed by atoms with Gasteiger partial charge in [-0.05, 0) is 55.0 Å². The van der Waals surface area contributed by atoms with E-state index in [9.17, 15) is 14.7 Å². The van der Waals surface area contributed by atoms with E-state index in [4.69, 9.17) is 0 Å². The van der Waals surface area contributed by atoms with Gasteiger partial charge in [0.1, 0.15) is 0 Å². The summed E-state index contributed by atoms with van der Waals surface area (Å²) in [5.74, 6) is -0.617. The van der Waals surface area contributed by atoms with Gasteiger partial charge in [-0.3, -0.25) is 4.79 Å². The summed E-state index contributed by atoms with van der Waals surface area (Å²) in [6, 6.07) is 15.8. The first-order valence-electron chi connectivity index (χ1n) is 13.2. The van der Waals surface area contributed by atoms with Crippen molar-refractivity contribution in [2.45, 2.75) is 65.2 Å². The molecule has 0 spiro atoms. The van der Waals surface area contributed by atoms with Crippen molar-refractivity contribution < 1.29 is 14.7 Å². The van der Waals surface area contributed by atoms with Crippen LogP contribution in [0.25, 0.3) is 5.57 Å². The molecule has 4 heteroatoms. The Morgan fingerprint density at radius 3 is 2.14 bits per heavy atom. The minimum atomic E-state index is -0.906. The van der Waals surface area contributed by atoms with E-state index in [-0.39, 0.29) is 16.7 Å². The Bertz CT molecular complexity index is 1240. The highest BCUT2D eigenvalue weighted by atomic mass is 16.4. The van der Waals surface area contributed by atoms with Crippen LogP contribution in [0.4, 0.5) is 0 Å². The summed E-state index contributed by atoms with van der Waals surface area (Å²) in [6.45, 7) is 10.3. The van der Waals surface area contributed by atoms with Crippen molar-refractivity contribution in [3.8, 4) is 0 Å². The lowest BCUT2D eigenvalue weighted by Crippen LogP contribution is -2.53. The first kappa shape index (κ1) is 24.5. The molecule has 0 radical (unpaired) electrons. The molecule has 2 aromatic rings. The standard InChI is InChI=1S/C32H37NO3/c1-22-7-13-25(14-8-22)32(17-5-6-18-32)29(36)33-20-16-27-30(2,3)26(15-19-31(27,4)21-33)23-9-11-24(12-10-23)28(34)35/h7-16H,5-6,17-21H2,1-4H3,(H,34,35)/t31-/m1/s1. The number of carboxylic acids is 1. The highest BCUT2D eigenvalue weighted by Crippen LogP contribution is 2.56. The fraction of sp³-hybridized carbons (Fsp3) is 0.438. The summed E-state index contributed by atoms with van der Waals surface area (Å²) in [5.41, 5.74) is 5.67. The van der Waals surface area contributed by atoms with Crippen LogP contribution in [0.2, 0.25) is 0 Å². The Labute approximate surface area is 214 Å². The van der Waals surface area contributed by atoms with Crippen molar-refractivity contribution in [3.63, 3.8) is 0 Å². The molecule has 188 valence electrons. The van der Waals surface area contributed by atoms with Gasteiger partial charge in [0.15, 0.2) is 0 Å². The maximum absolute atomic E-state index is 14.2. The largest absolute Gasteiger partial charge is 0.478 e. The zero-order valence-corrected chi connectivity index (χ0v) is 21.9. The molecule has 2 aliphatic carbocycles. The van der Waals surface area contributed by atoms with E-state index < -0.39 is 11.4 Å². The number of hydrogen-bond donors (Lipinski definition) is 1. The van der Waals surface area contributed by atoms with Crippen LogP contribution in [0.5, 0.6) is 0 Å². The Morgan fingerprint density at radius 1 is 0.889 bits per heavy atom. The molecule has 3 aliphatic rings. The minimum Gasteiger partial charge on any atom is -0.478 e. The first-order valence-corrected chi connectivity index (χ1v) is 13.2. The van der Waals surface area contributed by atoms with Gasteiger partial charge < -0.3 is 10.0 Å². The van der Waals surface area contributed by atoms with Crippen LogP contribution in [0, 0.1) is 17.8 Å². The van der Waals surface area contributed by atoms with Gasteiger partial charge in [-0.2, -0.15) is 0 Å². The number of aryl methyl sites for hydroxylation is 1. The number of hydrogen-bond acceptors (Lipinski definition) is 2. The molecule has 0 bridgehead atoms. The van der Waals surface area contributed by atoms with E-state index in [0.29, 0.717) is 12.1 Å². The zero-order valence-electron chi connectivity index (χ0n) is 21.9. The Hall–Kier alpha value is -3.14. The van der Waals surface area contributed by atoms with E-state index in [0.717, 1.165) is 44.2 Å². The summed E-state index contributed by atoms with van der Waals surface area (Å²) in [4.78, 5) is 27.6. The Kier molecular flexibility index (Phi) is 5.97. The van der Waals surface area contributed by atoms with Gasteiger partial charge in [0.05, 0.1) is 11.0 Å². The van der Waals surface area contributed by atoms with Crippen molar-refractivity contribution in [2.75, 3.05) is 13.1 Å². The molecule has 1 heterocycles. The number of fused-ring (bicyclic) bond motifs is 1. The predicted octanol–water partition coefficient (Wildman–Crippen LogP) is 6.79. The fourth-order valence-electron chi connectivity index (χ4n) is 7.14. The molecule has 2 aromatic carbocycles. The number of aromatic carboxylic acids is 1. The molecule has 0 saturated heterocycles. The maximum atomic E-state index is 14.2. The number of carbonyl (C=O) groups excluding carboxylic acids is 1. The third-order valence-electron chi connectivity index (χ3n) is 9.01. The van der Waals surface area contributed by atoms with Gasteiger partial charge in [-0.25, -0.2) is 4.79 Å². The number of allylic oxidation sites excluding steroid dienone is 2. The lowest BCUT2D eigenvalue weighted by molar-refractivity contribution is -0.138. The molecular formula is C32H37NO3. The van der Waals surface area contributed by atoms with Crippen LogP contribution >= 0.6 is 0 Å². The lowest BCUT2D eigenvalue weighted by atomic mass is 9.58. The monoisotopic (exact) mass is 483 g/mol. The van der Waals surface area contributed by atoms with Crippen LogP contribution in [-0.4, -0.2) is 35.0 Å². The minimum absolute atomic E-state index is 0.116. The van der Waals surface area contributed by atoms with E-state index in [1.54, 1.807) is 12.1 Å². The van der Waals surface area contributed by atoms with Crippen LogP contribution < -0.4 is 0 Å². The van der Waals surface area contributed by atoms with Crippen LogP contribution in [0.15, 0.2) is 66.3 Å². The zero-order chi connectivity index (χ0) is 25.7. The summed E-state index contributed by atoms with van der Waals surface area (Å²) < 4.78 is 0. The van der Waals surface area contributed by atoms with E-state index in [1.807, 2.05) is 12.1 Å². The third kappa shape index (κ3) is 3.91. The summed E-state index contributed by atoms with van der Waals surface area (Å²) >= 11 is 0. The molecule has 1 amide bonds. The van der Waals surface area contributed by atoms with Gasteiger partial charge in [0.25, 0.3) is 0 Å². The second-order valence-corrected chi connectivity index (χ2v) is 11.8. The van der Waals surface area contributed by atoms with Gasteiger partial charge in [-0.15, -0.1) is 0 Å². The topological polar surface area (TPSA) is 57.6 Å². The molecule has 4 nitrogen and oxygen atoms in total.